The van der Waals surface area contributed by atoms with Gasteiger partial charge in [0.1, 0.15) is 0 Å². The Hall–Kier alpha value is -0.260. The average molecular weight is 301 g/mol. The summed E-state index contributed by atoms with van der Waals surface area (Å²) in [5.41, 5.74) is 9.26. The van der Waals surface area contributed by atoms with Crippen LogP contribution in [0, 0.1) is 0 Å². The third kappa shape index (κ3) is 6.02. The van der Waals surface area contributed by atoms with Crippen molar-refractivity contribution in [3.63, 3.8) is 0 Å². The third-order valence-electron chi connectivity index (χ3n) is 4.64. The normalized spacial score (nSPS) is 13.5. The fourth-order valence-electron chi connectivity index (χ4n) is 3.22. The van der Waals surface area contributed by atoms with Crippen molar-refractivity contribution in [2.75, 3.05) is 24.6 Å². The van der Waals surface area contributed by atoms with Crippen LogP contribution in [0.4, 0.5) is 0 Å². The van der Waals surface area contributed by atoms with Crippen LogP contribution < -0.4 is 0 Å². The van der Waals surface area contributed by atoms with Crippen molar-refractivity contribution in [2.45, 2.75) is 79.1 Å². The van der Waals surface area contributed by atoms with Crippen LogP contribution in [0.3, 0.4) is 0 Å². The van der Waals surface area contributed by atoms with Gasteiger partial charge in [-0.3, -0.25) is 0 Å². The van der Waals surface area contributed by atoms with E-state index in [1.54, 1.807) is 0 Å². The van der Waals surface area contributed by atoms with Crippen molar-refractivity contribution in [3.8, 4) is 0 Å². The molecule has 120 valence electrons. The van der Waals surface area contributed by atoms with E-state index >= 15 is 0 Å². The van der Waals surface area contributed by atoms with Crippen LogP contribution in [0.15, 0.2) is 4.88 Å². The topological polar surface area (TPSA) is 48.8 Å². The van der Waals surface area contributed by atoms with Gasteiger partial charge in [0.15, 0.2) is 0 Å². The molecule has 3 nitrogen and oxygen atoms in total. The van der Waals surface area contributed by atoms with Crippen molar-refractivity contribution in [1.82, 2.24) is 0 Å². The quantitative estimate of drug-likeness (QED) is 0.153. The molecule has 0 fully saturated rings. The maximum absolute atomic E-state index is 9.26. The predicted octanol–water partition coefficient (Wildman–Crippen LogP) is 6.97. The molecule has 0 saturated heterocycles. The summed E-state index contributed by atoms with van der Waals surface area (Å²) in [5.74, 6) is 0. The summed E-state index contributed by atoms with van der Waals surface area (Å²) in [6, 6.07) is 0. The summed E-state index contributed by atoms with van der Waals surface area (Å²) < 4.78 is 0. The Morgan fingerprint density at radius 3 is 1.20 bits per heavy atom. The molecule has 0 bridgehead atoms. The average Bonchev–Trinajstić information content (AvgIpc) is 2.48. The zero-order valence-electron chi connectivity index (χ0n) is 14.3. The standard InChI is InChI=1S/C16H36N3P/c1-5-9-13-20(19-18-17,14-10-6-2,15-11-7-3)16-12-8-4/h5-16H2,1-4H3. The SMILES string of the molecule is CCCCP(CCCC)(CCCC)(CCCC)N=[N+]=[N-]. The van der Waals surface area contributed by atoms with Crippen LogP contribution in [0.1, 0.15) is 79.1 Å². The molecule has 0 aromatic heterocycles. The van der Waals surface area contributed by atoms with Gasteiger partial charge in [-0.2, -0.15) is 0 Å². The molecule has 0 heterocycles. The molecule has 0 unspecified atom stereocenters. The van der Waals surface area contributed by atoms with E-state index in [1.165, 1.54) is 76.0 Å². The number of nitrogens with zero attached hydrogens (tertiary/aromatic N) is 3. The van der Waals surface area contributed by atoms with E-state index in [9.17, 15) is 5.53 Å². The molecule has 0 atom stereocenters. The second-order valence-electron chi connectivity index (χ2n) is 6.39. The van der Waals surface area contributed by atoms with Crippen molar-refractivity contribution < 1.29 is 0 Å². The van der Waals surface area contributed by atoms with Crippen LogP contribution in [-0.2, 0) is 0 Å². The molecule has 0 spiro atoms. The van der Waals surface area contributed by atoms with E-state index in [-0.39, 0.29) is 0 Å². The van der Waals surface area contributed by atoms with Gasteiger partial charge in [-0.05, 0) is 0 Å². The van der Waals surface area contributed by atoms with E-state index < -0.39 is 6.75 Å². The zero-order chi connectivity index (χ0) is 15.3. The molecule has 0 rings (SSSR count). The summed E-state index contributed by atoms with van der Waals surface area (Å²) in [4.78, 5) is 8.02. The molecular formula is C16H36N3P. The van der Waals surface area contributed by atoms with Crippen LogP contribution in [0.5, 0.6) is 0 Å². The Bertz CT molecular complexity index is 255. The zero-order valence-corrected chi connectivity index (χ0v) is 15.2. The molecule has 0 aliphatic carbocycles. The van der Waals surface area contributed by atoms with Crippen LogP contribution >= 0.6 is 6.75 Å². The van der Waals surface area contributed by atoms with Gasteiger partial charge in [-0.15, -0.1) is 0 Å². The second kappa shape index (κ2) is 10.5. The van der Waals surface area contributed by atoms with E-state index in [4.69, 9.17) is 0 Å². The van der Waals surface area contributed by atoms with Crippen LogP contribution in [-0.4, -0.2) is 24.6 Å². The van der Waals surface area contributed by atoms with Crippen LogP contribution in [0.2, 0.25) is 0 Å². The van der Waals surface area contributed by atoms with Gasteiger partial charge in [-0.1, -0.05) is 0 Å². The molecule has 0 aromatic carbocycles. The molecule has 0 saturated carbocycles. The molecule has 0 amide bonds. The molecular weight excluding hydrogens is 265 g/mol. The fraction of sp³-hybridized carbons (Fsp3) is 1.00. The second-order valence-corrected chi connectivity index (χ2v) is 12.2. The Morgan fingerprint density at radius 1 is 0.700 bits per heavy atom. The molecule has 0 aliphatic rings. The summed E-state index contributed by atoms with van der Waals surface area (Å²) in [5, 5.41) is 0. The van der Waals surface area contributed by atoms with E-state index in [0.29, 0.717) is 0 Å². The summed E-state index contributed by atoms with van der Waals surface area (Å²) in [6.45, 7) is 6.80. The molecule has 0 N–H and O–H groups in total. The Labute approximate surface area is 126 Å². The van der Waals surface area contributed by atoms with Gasteiger partial charge in [0, 0.05) is 0 Å². The number of azide groups is 1. The Kier molecular flexibility index (Phi) is 10.3. The Morgan fingerprint density at radius 2 is 1.00 bits per heavy atom. The predicted molar refractivity (Wildman–Crippen MR) is 95.2 cm³/mol. The number of unbranched alkanes of at least 4 members (excludes halogenated alkanes) is 4. The minimum atomic E-state index is -2.21. The van der Waals surface area contributed by atoms with E-state index in [1.807, 2.05) is 0 Å². The van der Waals surface area contributed by atoms with Gasteiger partial charge in [0.25, 0.3) is 0 Å². The molecule has 0 aliphatic heterocycles. The first-order valence-electron chi connectivity index (χ1n) is 8.69. The first-order chi connectivity index (χ1) is 9.62. The van der Waals surface area contributed by atoms with Crippen molar-refractivity contribution in [2.24, 2.45) is 4.88 Å². The molecule has 20 heavy (non-hydrogen) atoms. The maximum atomic E-state index is 9.26. The fourth-order valence-corrected chi connectivity index (χ4v) is 9.66. The molecule has 0 radical (unpaired) electrons. The van der Waals surface area contributed by atoms with Gasteiger partial charge in [-0.25, -0.2) is 0 Å². The van der Waals surface area contributed by atoms with E-state index in [0.717, 1.165) is 0 Å². The third-order valence-corrected chi connectivity index (χ3v) is 11.1. The summed E-state index contributed by atoms with van der Waals surface area (Å²) in [7, 11) is 0. The number of hydrogen-bond donors (Lipinski definition) is 0. The van der Waals surface area contributed by atoms with Gasteiger partial charge in [0.2, 0.25) is 0 Å². The van der Waals surface area contributed by atoms with Crippen molar-refractivity contribution in [1.29, 1.82) is 0 Å². The molecule has 4 heteroatoms. The van der Waals surface area contributed by atoms with Crippen molar-refractivity contribution in [3.05, 3.63) is 10.4 Å². The first-order valence-corrected chi connectivity index (χ1v) is 11.6. The summed E-state index contributed by atoms with van der Waals surface area (Å²) >= 11 is 0. The monoisotopic (exact) mass is 301 g/mol. The first kappa shape index (κ1) is 19.7. The van der Waals surface area contributed by atoms with Gasteiger partial charge in [0.05, 0.1) is 0 Å². The summed E-state index contributed by atoms with van der Waals surface area (Å²) in [6.07, 6.45) is 14.6. The number of rotatable bonds is 13. The van der Waals surface area contributed by atoms with Crippen molar-refractivity contribution >= 4 is 6.75 Å². The van der Waals surface area contributed by atoms with E-state index in [2.05, 4.69) is 37.5 Å². The van der Waals surface area contributed by atoms with Gasteiger partial charge >= 0.3 is 126 Å². The minimum absolute atomic E-state index is 1.20. The molecule has 0 aromatic rings. The Balaban J connectivity index is 5.44. The van der Waals surface area contributed by atoms with Gasteiger partial charge < -0.3 is 0 Å². The van der Waals surface area contributed by atoms with Crippen LogP contribution in [0.25, 0.3) is 10.4 Å². The number of hydrogen-bond acceptors (Lipinski definition) is 1.